The lowest BCUT2D eigenvalue weighted by molar-refractivity contribution is -0.161. The number of phosphoric acid groups is 2. The summed E-state index contributed by atoms with van der Waals surface area (Å²) in [6.45, 7) is 9.47. The molecule has 0 fully saturated rings. The Balaban J connectivity index is 5.21. The molecule has 3 N–H and O–H groups in total. The molecule has 0 heterocycles. The van der Waals surface area contributed by atoms with E-state index in [-0.39, 0.29) is 25.7 Å². The molecule has 0 aliphatic carbocycles. The van der Waals surface area contributed by atoms with Crippen LogP contribution in [0.5, 0.6) is 0 Å². The van der Waals surface area contributed by atoms with E-state index in [0.717, 1.165) is 102 Å². The molecule has 528 valence electrons. The average molecular weight is 1310 g/mol. The van der Waals surface area contributed by atoms with Gasteiger partial charge in [0.15, 0.2) is 12.2 Å². The Kier molecular flexibility index (Phi) is 60.8. The number of phosphoric ester groups is 2. The van der Waals surface area contributed by atoms with Crippen molar-refractivity contribution < 1.29 is 80.2 Å². The normalized spacial score (nSPS) is 14.1. The average Bonchev–Trinajstić information content (AvgIpc) is 3.70. The van der Waals surface area contributed by atoms with Gasteiger partial charge in [0.1, 0.15) is 19.3 Å². The summed E-state index contributed by atoms with van der Waals surface area (Å²) in [6, 6.07) is 0. The van der Waals surface area contributed by atoms with E-state index < -0.39 is 97.5 Å². The van der Waals surface area contributed by atoms with Gasteiger partial charge in [-0.15, -0.1) is 0 Å². The summed E-state index contributed by atoms with van der Waals surface area (Å²) in [5.74, 6) is -0.650. The fourth-order valence-electron chi connectivity index (χ4n) is 10.6. The Labute approximate surface area is 543 Å². The molecule has 0 aliphatic heterocycles. The van der Waals surface area contributed by atoms with Gasteiger partial charge in [-0.1, -0.05) is 305 Å². The van der Waals surface area contributed by atoms with Crippen LogP contribution in [0.4, 0.5) is 0 Å². The van der Waals surface area contributed by atoms with Gasteiger partial charge < -0.3 is 33.8 Å². The molecule has 89 heavy (non-hydrogen) atoms. The van der Waals surface area contributed by atoms with Gasteiger partial charge >= 0.3 is 39.5 Å². The number of carbonyl (C=O) groups excluding carboxylic acids is 4. The second-order valence-electron chi connectivity index (χ2n) is 26.2. The summed E-state index contributed by atoms with van der Waals surface area (Å²) in [7, 11) is -9.90. The number of aliphatic hydroxyl groups excluding tert-OH is 1. The fraction of sp³-hybridized carbons (Fsp3) is 0.943. The van der Waals surface area contributed by atoms with E-state index in [2.05, 4.69) is 41.5 Å². The van der Waals surface area contributed by atoms with Crippen molar-refractivity contribution in [3.63, 3.8) is 0 Å². The maximum Gasteiger partial charge on any atom is 0.472 e. The summed E-state index contributed by atoms with van der Waals surface area (Å²) < 4.78 is 68.2. The molecule has 5 atom stereocenters. The van der Waals surface area contributed by atoms with E-state index in [0.29, 0.717) is 31.6 Å². The van der Waals surface area contributed by atoms with Crippen molar-refractivity contribution in [1.29, 1.82) is 0 Å². The third-order valence-corrected chi connectivity index (χ3v) is 18.1. The van der Waals surface area contributed by atoms with E-state index in [4.69, 9.17) is 37.0 Å². The minimum Gasteiger partial charge on any atom is -0.462 e. The zero-order valence-corrected chi connectivity index (χ0v) is 59.5. The number of hydrogen-bond donors (Lipinski definition) is 3. The highest BCUT2D eigenvalue weighted by Crippen LogP contribution is 2.45. The highest BCUT2D eigenvalue weighted by molar-refractivity contribution is 7.47. The fourth-order valence-corrected chi connectivity index (χ4v) is 12.2. The Bertz CT molecular complexity index is 1730. The lowest BCUT2D eigenvalue weighted by Gasteiger charge is -2.21. The van der Waals surface area contributed by atoms with Crippen molar-refractivity contribution in [3.05, 3.63) is 0 Å². The van der Waals surface area contributed by atoms with Crippen LogP contribution < -0.4 is 0 Å². The van der Waals surface area contributed by atoms with Crippen LogP contribution in [0, 0.1) is 11.8 Å². The van der Waals surface area contributed by atoms with E-state index in [1.54, 1.807) is 0 Å². The molecule has 0 aliphatic rings. The zero-order valence-electron chi connectivity index (χ0n) is 57.7. The first-order valence-corrected chi connectivity index (χ1v) is 39.5. The van der Waals surface area contributed by atoms with Crippen molar-refractivity contribution in [2.75, 3.05) is 39.6 Å². The molecule has 0 saturated carbocycles. The molecule has 0 spiro atoms. The van der Waals surface area contributed by atoms with Crippen LogP contribution >= 0.6 is 15.6 Å². The summed E-state index contributed by atoms with van der Waals surface area (Å²) >= 11 is 0. The van der Waals surface area contributed by atoms with Crippen LogP contribution in [0.2, 0.25) is 0 Å². The first-order chi connectivity index (χ1) is 42.9. The summed E-state index contributed by atoms with van der Waals surface area (Å²) in [6.07, 6.45) is 47.3. The second kappa shape index (κ2) is 62.2. The van der Waals surface area contributed by atoms with Crippen LogP contribution in [0.1, 0.15) is 356 Å². The van der Waals surface area contributed by atoms with Gasteiger partial charge in [-0.3, -0.25) is 37.3 Å². The number of carbonyl (C=O) groups is 4. The monoisotopic (exact) mass is 1310 g/mol. The zero-order chi connectivity index (χ0) is 65.7. The molecule has 2 unspecified atom stereocenters. The van der Waals surface area contributed by atoms with Crippen molar-refractivity contribution in [3.8, 4) is 0 Å². The van der Waals surface area contributed by atoms with Crippen molar-refractivity contribution in [2.45, 2.75) is 374 Å². The first-order valence-electron chi connectivity index (χ1n) is 36.5. The summed E-state index contributed by atoms with van der Waals surface area (Å²) in [5.41, 5.74) is 0. The number of ether oxygens (including phenoxy) is 4. The van der Waals surface area contributed by atoms with Crippen LogP contribution in [0.25, 0.3) is 0 Å². The minimum absolute atomic E-state index is 0.103. The Morgan fingerprint density at radius 1 is 0.303 bits per heavy atom. The molecule has 17 nitrogen and oxygen atoms in total. The molecule has 0 aromatic heterocycles. The van der Waals surface area contributed by atoms with Crippen LogP contribution in [-0.4, -0.2) is 96.7 Å². The molecular weight excluding hydrogens is 1170 g/mol. The number of unbranched alkanes of at least 4 members (excludes halogenated alkanes) is 39. The van der Waals surface area contributed by atoms with Crippen LogP contribution in [-0.2, 0) is 65.4 Å². The Morgan fingerprint density at radius 2 is 0.517 bits per heavy atom. The quantitative estimate of drug-likeness (QED) is 0.0222. The number of esters is 4. The maximum absolute atomic E-state index is 13.0. The van der Waals surface area contributed by atoms with Crippen molar-refractivity contribution in [2.24, 2.45) is 11.8 Å². The van der Waals surface area contributed by atoms with Gasteiger partial charge in [-0.25, -0.2) is 9.13 Å². The largest absolute Gasteiger partial charge is 0.472 e. The standard InChI is InChI=1S/C70H136O17P2/c1-7-9-11-13-15-17-18-19-20-21-22-27-30-36-42-48-54-69(74)86-65(59-81-68(73)53-47-41-35-29-26-24-23-25-28-32-38-44-50-62(3)4)60-84-88(76,77)82-56-64(71)57-83-89(78,79)85-61-66(58-80-67(72)52-46-40-34-16-14-12-10-8-2)87-70(75)55-49-43-37-31-33-39-45-51-63(5)6/h62-66,71H,7-61H2,1-6H3,(H,76,77)(H,78,79)/t64-,65-,66-/m1/s1. The Hall–Kier alpha value is -1.94. The number of hydrogen-bond acceptors (Lipinski definition) is 15. The lowest BCUT2D eigenvalue weighted by Crippen LogP contribution is -2.30. The molecule has 0 radical (unpaired) electrons. The summed E-state index contributed by atoms with van der Waals surface area (Å²) in [5, 5.41) is 10.6. The van der Waals surface area contributed by atoms with Crippen molar-refractivity contribution >= 4 is 39.5 Å². The third-order valence-electron chi connectivity index (χ3n) is 16.2. The topological polar surface area (TPSA) is 237 Å². The third kappa shape index (κ3) is 64.6. The molecule has 0 amide bonds. The second-order valence-corrected chi connectivity index (χ2v) is 29.1. The van der Waals surface area contributed by atoms with E-state index in [1.165, 1.54) is 167 Å². The van der Waals surface area contributed by atoms with Gasteiger partial charge in [0.25, 0.3) is 0 Å². The van der Waals surface area contributed by atoms with Crippen molar-refractivity contribution in [1.82, 2.24) is 0 Å². The van der Waals surface area contributed by atoms with Crippen LogP contribution in [0.15, 0.2) is 0 Å². The summed E-state index contributed by atoms with van der Waals surface area (Å²) in [4.78, 5) is 72.4. The molecule has 0 aromatic rings. The van der Waals surface area contributed by atoms with Gasteiger partial charge in [0.2, 0.25) is 0 Å². The van der Waals surface area contributed by atoms with Gasteiger partial charge in [-0.2, -0.15) is 0 Å². The molecule has 0 bridgehead atoms. The molecular formula is C70H136O17P2. The van der Waals surface area contributed by atoms with E-state index >= 15 is 0 Å². The van der Waals surface area contributed by atoms with Crippen LogP contribution in [0.3, 0.4) is 0 Å². The smallest absolute Gasteiger partial charge is 0.462 e. The molecule has 19 heteroatoms. The molecule has 0 aromatic carbocycles. The SMILES string of the molecule is CCCCCCCCCCCCCCCCCCC(=O)O[C@H](COC(=O)CCCCCCCCCCCCCCC(C)C)COP(=O)(O)OC[C@@H](O)COP(=O)(O)OC[C@@H](COC(=O)CCCCCCCCCC)OC(=O)CCCCCCCCCC(C)C. The predicted molar refractivity (Wildman–Crippen MR) is 358 cm³/mol. The lowest BCUT2D eigenvalue weighted by atomic mass is 10.0. The van der Waals surface area contributed by atoms with Gasteiger partial charge in [0.05, 0.1) is 26.4 Å². The predicted octanol–water partition coefficient (Wildman–Crippen LogP) is 20.0. The highest BCUT2D eigenvalue weighted by atomic mass is 31.2. The minimum atomic E-state index is -4.95. The molecule has 0 rings (SSSR count). The highest BCUT2D eigenvalue weighted by Gasteiger charge is 2.30. The van der Waals surface area contributed by atoms with Gasteiger partial charge in [-0.05, 0) is 37.5 Å². The van der Waals surface area contributed by atoms with E-state index in [9.17, 15) is 43.2 Å². The first kappa shape index (κ1) is 87.1. The number of rotatable bonds is 69. The Morgan fingerprint density at radius 3 is 0.764 bits per heavy atom. The van der Waals surface area contributed by atoms with Gasteiger partial charge in [0, 0.05) is 25.7 Å². The molecule has 0 saturated heterocycles. The number of aliphatic hydroxyl groups is 1. The maximum atomic E-state index is 13.0. The van der Waals surface area contributed by atoms with E-state index in [1.807, 2.05) is 0 Å².